The van der Waals surface area contributed by atoms with Crippen molar-refractivity contribution in [1.82, 2.24) is 10.2 Å². The summed E-state index contributed by atoms with van der Waals surface area (Å²) in [5.74, 6) is 1.21. The fourth-order valence-corrected chi connectivity index (χ4v) is 4.87. The van der Waals surface area contributed by atoms with Gasteiger partial charge in [-0.05, 0) is 46.8 Å². The maximum Gasteiger partial charge on any atom is 0.124 e. The Kier molecular flexibility index (Phi) is 5.93. The Morgan fingerprint density at radius 2 is 1.56 bits per heavy atom. The van der Waals surface area contributed by atoms with E-state index in [9.17, 15) is 5.11 Å². The van der Waals surface area contributed by atoms with E-state index >= 15 is 0 Å². The van der Waals surface area contributed by atoms with Gasteiger partial charge < -0.3 is 10.4 Å². The van der Waals surface area contributed by atoms with Crippen molar-refractivity contribution in [2.75, 3.05) is 26.2 Å². The van der Waals surface area contributed by atoms with Gasteiger partial charge in [0.15, 0.2) is 0 Å². The SMILES string of the molecule is CC(C)(C)c1cc([C@H](C2CCCC2)N2CCNCC2)c(O)c(C(C)(C)C)c1. The summed E-state index contributed by atoms with van der Waals surface area (Å²) in [6, 6.07) is 4.93. The Hall–Kier alpha value is -1.06. The molecule has 1 aromatic rings. The Morgan fingerprint density at radius 3 is 2.07 bits per heavy atom. The van der Waals surface area contributed by atoms with Crippen LogP contribution in [-0.2, 0) is 10.8 Å². The van der Waals surface area contributed by atoms with Gasteiger partial charge in [0.25, 0.3) is 0 Å². The minimum Gasteiger partial charge on any atom is -0.507 e. The number of rotatable bonds is 3. The van der Waals surface area contributed by atoms with Crippen LogP contribution in [0.4, 0.5) is 0 Å². The molecule has 1 saturated carbocycles. The predicted octanol–water partition coefficient (Wildman–Crippen LogP) is 5.12. The van der Waals surface area contributed by atoms with Crippen molar-refractivity contribution in [3.05, 3.63) is 28.8 Å². The second-order valence-corrected chi connectivity index (χ2v) is 10.7. The zero-order valence-electron chi connectivity index (χ0n) is 18.4. The second-order valence-electron chi connectivity index (χ2n) is 10.7. The predicted molar refractivity (Wildman–Crippen MR) is 115 cm³/mol. The van der Waals surface area contributed by atoms with Crippen LogP contribution in [0.25, 0.3) is 0 Å². The number of benzene rings is 1. The standard InChI is InChI=1S/C24H40N2O/c1-23(2,3)18-15-19(22(27)20(16-18)24(4,5)6)21(17-9-7-8-10-17)26-13-11-25-12-14-26/h15-17,21,25,27H,7-14H2,1-6H3/t21-/m0/s1. The molecule has 3 nitrogen and oxygen atoms in total. The molecule has 1 aliphatic carbocycles. The van der Waals surface area contributed by atoms with Gasteiger partial charge in [-0.15, -0.1) is 0 Å². The highest BCUT2D eigenvalue weighted by atomic mass is 16.3. The van der Waals surface area contributed by atoms with Crippen molar-refractivity contribution in [3.63, 3.8) is 0 Å². The number of phenols is 1. The minimum atomic E-state index is -0.0657. The summed E-state index contributed by atoms with van der Waals surface area (Å²) in [5, 5.41) is 14.9. The summed E-state index contributed by atoms with van der Waals surface area (Å²) in [6.07, 6.45) is 5.25. The lowest BCUT2D eigenvalue weighted by atomic mass is 9.76. The molecule has 1 saturated heterocycles. The molecule has 1 heterocycles. The van der Waals surface area contributed by atoms with Crippen molar-refractivity contribution in [2.24, 2.45) is 5.92 Å². The lowest BCUT2D eigenvalue weighted by molar-refractivity contribution is 0.123. The van der Waals surface area contributed by atoms with E-state index in [0.717, 1.165) is 31.7 Å². The van der Waals surface area contributed by atoms with Crippen LogP contribution in [0.5, 0.6) is 5.75 Å². The minimum absolute atomic E-state index is 0.0657. The summed E-state index contributed by atoms with van der Waals surface area (Å²) in [6.45, 7) is 17.7. The third-order valence-corrected chi connectivity index (χ3v) is 6.52. The topological polar surface area (TPSA) is 35.5 Å². The first kappa shape index (κ1) is 20.7. The van der Waals surface area contributed by atoms with E-state index in [0.29, 0.717) is 17.7 Å². The zero-order chi connectivity index (χ0) is 19.8. The van der Waals surface area contributed by atoms with Gasteiger partial charge in [0.2, 0.25) is 0 Å². The van der Waals surface area contributed by atoms with Crippen LogP contribution < -0.4 is 5.32 Å². The van der Waals surface area contributed by atoms with Crippen LogP contribution in [0.2, 0.25) is 0 Å². The van der Waals surface area contributed by atoms with E-state index in [4.69, 9.17) is 0 Å². The number of aromatic hydroxyl groups is 1. The van der Waals surface area contributed by atoms with E-state index in [1.54, 1.807) is 0 Å². The summed E-state index contributed by atoms with van der Waals surface area (Å²) >= 11 is 0. The van der Waals surface area contributed by atoms with Gasteiger partial charge in [-0.2, -0.15) is 0 Å². The molecule has 1 aliphatic heterocycles. The van der Waals surface area contributed by atoms with Gasteiger partial charge in [-0.1, -0.05) is 60.5 Å². The molecular weight excluding hydrogens is 332 g/mol. The number of piperazine rings is 1. The van der Waals surface area contributed by atoms with Crippen molar-refractivity contribution >= 4 is 0 Å². The maximum atomic E-state index is 11.4. The molecule has 2 N–H and O–H groups in total. The molecule has 2 fully saturated rings. The smallest absolute Gasteiger partial charge is 0.124 e. The van der Waals surface area contributed by atoms with Crippen LogP contribution in [0.15, 0.2) is 12.1 Å². The maximum absolute atomic E-state index is 11.4. The fourth-order valence-electron chi connectivity index (χ4n) is 4.87. The van der Waals surface area contributed by atoms with Crippen LogP contribution in [0.3, 0.4) is 0 Å². The van der Waals surface area contributed by atoms with Crippen LogP contribution >= 0.6 is 0 Å². The van der Waals surface area contributed by atoms with Crippen LogP contribution in [0.1, 0.15) is 90.0 Å². The quantitative estimate of drug-likeness (QED) is 0.772. The molecule has 3 heteroatoms. The molecule has 0 amide bonds. The van der Waals surface area contributed by atoms with E-state index in [1.165, 1.54) is 36.8 Å². The van der Waals surface area contributed by atoms with E-state index in [-0.39, 0.29) is 10.8 Å². The molecule has 1 atom stereocenters. The third-order valence-electron chi connectivity index (χ3n) is 6.52. The van der Waals surface area contributed by atoms with Crippen molar-refractivity contribution in [1.29, 1.82) is 0 Å². The number of hydrogen-bond donors (Lipinski definition) is 2. The first-order chi connectivity index (χ1) is 12.6. The molecule has 152 valence electrons. The highest BCUT2D eigenvalue weighted by molar-refractivity contribution is 5.50. The molecule has 0 bridgehead atoms. The average Bonchev–Trinajstić information content (AvgIpc) is 3.09. The number of phenolic OH excluding ortho intramolecular Hbond substituents is 1. The summed E-state index contributed by atoms with van der Waals surface area (Å²) < 4.78 is 0. The Balaban J connectivity index is 2.14. The van der Waals surface area contributed by atoms with Crippen molar-refractivity contribution in [3.8, 4) is 5.75 Å². The molecule has 2 aliphatic rings. The van der Waals surface area contributed by atoms with Gasteiger partial charge in [0, 0.05) is 37.8 Å². The molecule has 3 rings (SSSR count). The molecule has 0 spiro atoms. The largest absolute Gasteiger partial charge is 0.507 e. The number of hydrogen-bond acceptors (Lipinski definition) is 3. The van der Waals surface area contributed by atoms with Crippen molar-refractivity contribution in [2.45, 2.75) is 84.1 Å². The molecule has 0 unspecified atom stereocenters. The van der Waals surface area contributed by atoms with E-state index in [1.807, 2.05) is 0 Å². The van der Waals surface area contributed by atoms with Gasteiger partial charge in [-0.25, -0.2) is 0 Å². The normalized spacial score (nSPS) is 21.6. The van der Waals surface area contributed by atoms with Gasteiger partial charge in [0.05, 0.1) is 0 Å². The highest BCUT2D eigenvalue weighted by Crippen LogP contribution is 2.46. The average molecular weight is 373 g/mol. The molecule has 0 aromatic heterocycles. The number of nitrogens with zero attached hydrogens (tertiary/aromatic N) is 1. The first-order valence-corrected chi connectivity index (χ1v) is 10.9. The van der Waals surface area contributed by atoms with Gasteiger partial charge in [-0.3, -0.25) is 4.90 Å². The Morgan fingerprint density at radius 1 is 0.963 bits per heavy atom. The third kappa shape index (κ3) is 4.51. The fraction of sp³-hybridized carbons (Fsp3) is 0.750. The summed E-state index contributed by atoms with van der Waals surface area (Å²) in [5.41, 5.74) is 3.64. The van der Waals surface area contributed by atoms with E-state index < -0.39 is 0 Å². The van der Waals surface area contributed by atoms with Crippen molar-refractivity contribution < 1.29 is 5.11 Å². The molecule has 27 heavy (non-hydrogen) atoms. The first-order valence-electron chi connectivity index (χ1n) is 10.9. The zero-order valence-corrected chi connectivity index (χ0v) is 18.4. The molecule has 0 radical (unpaired) electrons. The Labute approximate surface area is 166 Å². The van der Waals surface area contributed by atoms with E-state index in [2.05, 4.69) is 63.9 Å². The lowest BCUT2D eigenvalue weighted by Crippen LogP contribution is -2.46. The van der Waals surface area contributed by atoms with Crippen LogP contribution in [0, 0.1) is 5.92 Å². The van der Waals surface area contributed by atoms with Crippen LogP contribution in [-0.4, -0.2) is 36.2 Å². The summed E-state index contributed by atoms with van der Waals surface area (Å²) in [7, 11) is 0. The van der Waals surface area contributed by atoms with Gasteiger partial charge >= 0.3 is 0 Å². The summed E-state index contributed by atoms with van der Waals surface area (Å²) in [4.78, 5) is 2.64. The highest BCUT2D eigenvalue weighted by Gasteiger charge is 2.36. The lowest BCUT2D eigenvalue weighted by Gasteiger charge is -2.40. The number of nitrogens with one attached hydrogen (secondary N) is 1. The molecular formula is C24H40N2O. The second kappa shape index (κ2) is 7.75. The van der Waals surface area contributed by atoms with Gasteiger partial charge in [0.1, 0.15) is 5.75 Å². The molecule has 1 aromatic carbocycles. The monoisotopic (exact) mass is 372 g/mol. The Bertz CT molecular complexity index is 642.